The van der Waals surface area contributed by atoms with Gasteiger partial charge in [0.15, 0.2) is 0 Å². The summed E-state index contributed by atoms with van der Waals surface area (Å²) in [6.07, 6.45) is 10.1. The van der Waals surface area contributed by atoms with E-state index in [4.69, 9.17) is 5.73 Å². The van der Waals surface area contributed by atoms with Crippen LogP contribution in [0, 0.1) is 5.41 Å². The number of hydrogen-bond donors (Lipinski definition) is 1. The predicted molar refractivity (Wildman–Crippen MR) is 80.0 cm³/mol. The summed E-state index contributed by atoms with van der Waals surface area (Å²) in [4.78, 5) is 2.77. The van der Waals surface area contributed by atoms with Crippen molar-refractivity contribution in [3.05, 3.63) is 0 Å². The second kappa shape index (κ2) is 4.99. The molecule has 0 aromatic heterocycles. The van der Waals surface area contributed by atoms with Gasteiger partial charge in [0, 0.05) is 17.3 Å². The van der Waals surface area contributed by atoms with Gasteiger partial charge in [-0.3, -0.25) is 4.90 Å². The number of thioether (sulfide) groups is 1. The maximum atomic E-state index is 6.18. The van der Waals surface area contributed by atoms with Crippen LogP contribution in [0.4, 0.5) is 0 Å². The molecule has 3 rings (SSSR count). The smallest absolute Gasteiger partial charge is 0.0455 e. The summed E-state index contributed by atoms with van der Waals surface area (Å²) >= 11 is 2.12. The molecule has 0 amide bonds. The van der Waals surface area contributed by atoms with Crippen molar-refractivity contribution in [3.63, 3.8) is 0 Å². The Bertz CT molecular complexity index is 291. The van der Waals surface area contributed by atoms with Gasteiger partial charge >= 0.3 is 0 Å². The Hall–Kier alpha value is 0.270. The minimum absolute atomic E-state index is 0.324. The van der Waals surface area contributed by atoms with Crippen LogP contribution in [0.3, 0.4) is 0 Å². The molecule has 1 aliphatic carbocycles. The van der Waals surface area contributed by atoms with Gasteiger partial charge < -0.3 is 5.73 Å². The highest BCUT2D eigenvalue weighted by atomic mass is 32.2. The molecule has 2 heterocycles. The number of likely N-dealkylation sites (tertiary alicyclic amines) is 1. The number of piperidine rings is 1. The van der Waals surface area contributed by atoms with Gasteiger partial charge in [0.05, 0.1) is 0 Å². The molecule has 1 saturated carbocycles. The molecular formula is C15H28N2S. The molecule has 2 nitrogen and oxygen atoms in total. The molecule has 3 aliphatic rings. The van der Waals surface area contributed by atoms with Crippen molar-refractivity contribution in [1.29, 1.82) is 0 Å². The maximum Gasteiger partial charge on any atom is 0.0455 e. The number of nitrogens with zero attached hydrogens (tertiary/aromatic N) is 1. The molecule has 2 aliphatic heterocycles. The second-order valence-electron chi connectivity index (χ2n) is 6.76. The van der Waals surface area contributed by atoms with E-state index in [2.05, 4.69) is 23.6 Å². The van der Waals surface area contributed by atoms with Gasteiger partial charge in [-0.25, -0.2) is 0 Å². The predicted octanol–water partition coefficient (Wildman–Crippen LogP) is 2.87. The minimum atomic E-state index is 0.324. The van der Waals surface area contributed by atoms with Crippen molar-refractivity contribution in [2.75, 3.05) is 25.4 Å². The summed E-state index contributed by atoms with van der Waals surface area (Å²) in [6.45, 7) is 5.86. The van der Waals surface area contributed by atoms with Crippen molar-refractivity contribution in [3.8, 4) is 0 Å². The summed E-state index contributed by atoms with van der Waals surface area (Å²) in [5.41, 5.74) is 7.24. The summed E-state index contributed by atoms with van der Waals surface area (Å²) in [6, 6.07) is 0. The van der Waals surface area contributed by atoms with Crippen LogP contribution < -0.4 is 5.73 Å². The van der Waals surface area contributed by atoms with Gasteiger partial charge in [-0.15, -0.1) is 0 Å². The standard InChI is InChI=1S/C15H28N2S/c1-13-15(12-16,8-11-18-13)17-9-6-14(7-10-17)4-2-3-5-14/h13H,2-12,16H2,1H3. The molecular weight excluding hydrogens is 240 g/mol. The molecule has 3 heteroatoms. The first-order valence-electron chi connectivity index (χ1n) is 7.78. The van der Waals surface area contributed by atoms with E-state index >= 15 is 0 Å². The number of rotatable bonds is 2. The molecule has 2 saturated heterocycles. The first-order chi connectivity index (χ1) is 8.71. The van der Waals surface area contributed by atoms with Crippen molar-refractivity contribution in [2.45, 2.75) is 62.7 Å². The van der Waals surface area contributed by atoms with Crippen LogP contribution in [0.25, 0.3) is 0 Å². The fourth-order valence-electron chi connectivity index (χ4n) is 4.63. The van der Waals surface area contributed by atoms with Crippen molar-refractivity contribution in [2.24, 2.45) is 11.1 Å². The zero-order valence-electron chi connectivity index (χ0n) is 11.8. The van der Waals surface area contributed by atoms with Crippen LogP contribution in [-0.4, -0.2) is 41.1 Å². The fraction of sp³-hybridized carbons (Fsp3) is 1.00. The first-order valence-corrected chi connectivity index (χ1v) is 8.82. The van der Waals surface area contributed by atoms with Crippen LogP contribution in [0.5, 0.6) is 0 Å². The van der Waals surface area contributed by atoms with E-state index in [1.165, 1.54) is 63.8 Å². The van der Waals surface area contributed by atoms with E-state index < -0.39 is 0 Å². The van der Waals surface area contributed by atoms with Crippen molar-refractivity contribution < 1.29 is 0 Å². The molecule has 104 valence electrons. The Balaban J connectivity index is 1.68. The lowest BCUT2D eigenvalue weighted by atomic mass is 9.75. The molecule has 0 bridgehead atoms. The van der Waals surface area contributed by atoms with Crippen LogP contribution in [0.1, 0.15) is 51.9 Å². The number of nitrogens with two attached hydrogens (primary N) is 1. The lowest BCUT2D eigenvalue weighted by molar-refractivity contribution is 0.0243. The van der Waals surface area contributed by atoms with Crippen LogP contribution >= 0.6 is 11.8 Å². The molecule has 2 unspecified atom stereocenters. The SMILES string of the molecule is CC1SCCC1(CN)N1CCC2(CCCC2)CC1. The van der Waals surface area contributed by atoms with Gasteiger partial charge in [0.2, 0.25) is 0 Å². The Morgan fingerprint density at radius 2 is 1.78 bits per heavy atom. The molecule has 0 aromatic carbocycles. The largest absolute Gasteiger partial charge is 0.329 e. The molecule has 2 atom stereocenters. The quantitative estimate of drug-likeness (QED) is 0.835. The third kappa shape index (κ3) is 2.03. The van der Waals surface area contributed by atoms with Crippen LogP contribution in [0.2, 0.25) is 0 Å². The zero-order chi connectivity index (χ0) is 12.6. The number of hydrogen-bond acceptors (Lipinski definition) is 3. The van der Waals surface area contributed by atoms with E-state index in [1.807, 2.05) is 0 Å². The van der Waals surface area contributed by atoms with E-state index in [1.54, 1.807) is 0 Å². The summed E-state index contributed by atoms with van der Waals surface area (Å²) in [5, 5.41) is 0.722. The average molecular weight is 268 g/mol. The van der Waals surface area contributed by atoms with Gasteiger partial charge in [-0.2, -0.15) is 11.8 Å². The van der Waals surface area contributed by atoms with Gasteiger partial charge in [0.1, 0.15) is 0 Å². The topological polar surface area (TPSA) is 29.3 Å². The highest BCUT2D eigenvalue weighted by Crippen LogP contribution is 2.49. The van der Waals surface area contributed by atoms with E-state index in [-0.39, 0.29) is 0 Å². The van der Waals surface area contributed by atoms with Gasteiger partial charge in [-0.1, -0.05) is 19.8 Å². The average Bonchev–Trinajstić information content (AvgIpc) is 2.99. The Labute approximate surface area is 116 Å². The molecule has 1 spiro atoms. The van der Waals surface area contributed by atoms with Crippen LogP contribution in [-0.2, 0) is 0 Å². The van der Waals surface area contributed by atoms with Crippen molar-refractivity contribution >= 4 is 11.8 Å². The Kier molecular flexibility index (Phi) is 3.68. The maximum absolute atomic E-state index is 6.18. The lowest BCUT2D eigenvalue weighted by Gasteiger charge is -2.49. The first kappa shape index (κ1) is 13.3. The molecule has 0 aromatic rings. The summed E-state index contributed by atoms with van der Waals surface area (Å²) in [5.74, 6) is 1.31. The third-order valence-electron chi connectivity index (χ3n) is 6.13. The Morgan fingerprint density at radius 3 is 2.28 bits per heavy atom. The summed E-state index contributed by atoms with van der Waals surface area (Å²) < 4.78 is 0. The molecule has 18 heavy (non-hydrogen) atoms. The monoisotopic (exact) mass is 268 g/mol. The lowest BCUT2D eigenvalue weighted by Crippen LogP contribution is -2.60. The fourth-order valence-corrected chi connectivity index (χ4v) is 6.13. The molecule has 0 radical (unpaired) electrons. The van der Waals surface area contributed by atoms with Gasteiger partial charge in [0.25, 0.3) is 0 Å². The van der Waals surface area contributed by atoms with E-state index in [0.717, 1.165) is 17.2 Å². The second-order valence-corrected chi connectivity index (χ2v) is 8.21. The Morgan fingerprint density at radius 1 is 1.11 bits per heavy atom. The van der Waals surface area contributed by atoms with Gasteiger partial charge in [-0.05, 0) is 56.4 Å². The minimum Gasteiger partial charge on any atom is -0.329 e. The normalized spacial score (nSPS) is 40.7. The molecule has 3 fully saturated rings. The van der Waals surface area contributed by atoms with E-state index in [9.17, 15) is 0 Å². The molecule has 2 N–H and O–H groups in total. The highest BCUT2D eigenvalue weighted by molar-refractivity contribution is 8.00. The van der Waals surface area contributed by atoms with Crippen molar-refractivity contribution in [1.82, 2.24) is 4.90 Å². The zero-order valence-corrected chi connectivity index (χ0v) is 12.6. The van der Waals surface area contributed by atoms with Crippen LogP contribution in [0.15, 0.2) is 0 Å². The van der Waals surface area contributed by atoms with E-state index in [0.29, 0.717) is 5.54 Å². The third-order valence-corrected chi connectivity index (χ3v) is 7.51. The summed E-state index contributed by atoms with van der Waals surface area (Å²) in [7, 11) is 0. The highest BCUT2D eigenvalue weighted by Gasteiger charge is 2.47.